The predicted octanol–water partition coefficient (Wildman–Crippen LogP) is 1.96. The van der Waals surface area contributed by atoms with Gasteiger partial charge in [0.1, 0.15) is 5.65 Å². The number of hydrogen-bond acceptors (Lipinski definition) is 4. The molecule has 4 heterocycles. The lowest BCUT2D eigenvalue weighted by Gasteiger charge is -2.29. The van der Waals surface area contributed by atoms with Crippen LogP contribution in [-0.2, 0) is 0 Å². The second kappa shape index (κ2) is 5.30. The Balaban J connectivity index is 1.64. The van der Waals surface area contributed by atoms with Gasteiger partial charge in [-0.3, -0.25) is 0 Å². The van der Waals surface area contributed by atoms with Gasteiger partial charge in [-0.05, 0) is 18.2 Å². The van der Waals surface area contributed by atoms with E-state index in [0.717, 1.165) is 31.8 Å². The van der Waals surface area contributed by atoms with Crippen molar-refractivity contribution in [1.29, 1.82) is 0 Å². The lowest BCUT2D eigenvalue weighted by atomic mass is 10.1. The smallest absolute Gasteiger partial charge is 0.139 e. The number of anilines is 1. The molecule has 5 heteroatoms. The number of imidazole rings is 1. The van der Waals surface area contributed by atoms with E-state index in [9.17, 15) is 0 Å². The highest BCUT2D eigenvalue weighted by Gasteiger charge is 2.20. The van der Waals surface area contributed by atoms with Crippen molar-refractivity contribution in [2.24, 2.45) is 0 Å². The van der Waals surface area contributed by atoms with Crippen LogP contribution in [0.15, 0.2) is 24.5 Å². The van der Waals surface area contributed by atoms with Crippen molar-refractivity contribution >= 4 is 23.1 Å². The van der Waals surface area contributed by atoms with Crippen LogP contribution < -0.4 is 10.2 Å². The molecule has 2 aromatic heterocycles. The summed E-state index contributed by atoms with van der Waals surface area (Å²) in [4.78, 5) is 7.30. The molecule has 2 aliphatic heterocycles. The highest BCUT2D eigenvalue weighted by Crippen LogP contribution is 2.32. The zero-order chi connectivity index (χ0) is 13.4. The number of thioether (sulfide) groups is 1. The van der Waals surface area contributed by atoms with Crippen LogP contribution in [0.5, 0.6) is 0 Å². The van der Waals surface area contributed by atoms with Crippen LogP contribution in [0.4, 0.5) is 5.69 Å². The van der Waals surface area contributed by atoms with Gasteiger partial charge in [0, 0.05) is 62.0 Å². The fourth-order valence-corrected chi connectivity index (χ4v) is 4.31. The van der Waals surface area contributed by atoms with Gasteiger partial charge in [-0.2, -0.15) is 11.8 Å². The number of hydrogen-bond donors (Lipinski definition) is 1. The summed E-state index contributed by atoms with van der Waals surface area (Å²) in [6.07, 6.45) is 5.65. The van der Waals surface area contributed by atoms with Crippen molar-refractivity contribution in [2.75, 3.05) is 42.6 Å². The minimum absolute atomic E-state index is 0.655. The van der Waals surface area contributed by atoms with E-state index in [1.54, 1.807) is 0 Å². The van der Waals surface area contributed by atoms with Crippen LogP contribution in [0.1, 0.15) is 18.0 Å². The van der Waals surface area contributed by atoms with E-state index in [2.05, 4.69) is 39.1 Å². The Bertz CT molecular complexity index is 597. The molecule has 0 saturated carbocycles. The molecular formula is C15H20N4S. The fourth-order valence-electron chi connectivity index (χ4n) is 3.07. The molecule has 1 atom stereocenters. The number of pyridine rings is 1. The third kappa shape index (κ3) is 2.29. The van der Waals surface area contributed by atoms with E-state index < -0.39 is 0 Å². The molecule has 0 amide bonds. The van der Waals surface area contributed by atoms with Gasteiger partial charge in [-0.25, -0.2) is 4.98 Å². The van der Waals surface area contributed by atoms with Gasteiger partial charge in [0.25, 0.3) is 0 Å². The van der Waals surface area contributed by atoms with E-state index in [0.29, 0.717) is 5.92 Å². The summed E-state index contributed by atoms with van der Waals surface area (Å²) >= 11 is 2.05. The third-order valence-electron chi connectivity index (χ3n) is 4.29. The Labute approximate surface area is 123 Å². The maximum Gasteiger partial charge on any atom is 0.139 e. The molecule has 2 saturated heterocycles. The van der Waals surface area contributed by atoms with Gasteiger partial charge in [0.2, 0.25) is 0 Å². The molecule has 1 unspecified atom stereocenters. The highest BCUT2D eigenvalue weighted by molar-refractivity contribution is 7.99. The summed E-state index contributed by atoms with van der Waals surface area (Å²) in [5, 5.41) is 3.40. The number of nitrogens with one attached hydrogen (secondary N) is 1. The SMILES string of the molecule is c1cn2cc(C3CCSC3)nc2cc1N1CCNCC1. The van der Waals surface area contributed by atoms with Crippen molar-refractivity contribution in [2.45, 2.75) is 12.3 Å². The maximum atomic E-state index is 4.86. The van der Waals surface area contributed by atoms with Crippen LogP contribution in [0, 0.1) is 0 Å². The molecule has 0 aromatic carbocycles. The van der Waals surface area contributed by atoms with E-state index in [1.807, 2.05) is 11.8 Å². The predicted molar refractivity (Wildman–Crippen MR) is 85.0 cm³/mol. The molecule has 0 bridgehead atoms. The monoisotopic (exact) mass is 288 g/mol. The van der Waals surface area contributed by atoms with E-state index in [1.165, 1.54) is 29.3 Å². The lowest BCUT2D eigenvalue weighted by molar-refractivity contribution is 0.589. The summed E-state index contributed by atoms with van der Waals surface area (Å²) in [7, 11) is 0. The summed E-state index contributed by atoms with van der Waals surface area (Å²) in [5.41, 5.74) is 3.66. The topological polar surface area (TPSA) is 32.6 Å². The summed E-state index contributed by atoms with van der Waals surface area (Å²) < 4.78 is 2.17. The number of piperazine rings is 1. The maximum absolute atomic E-state index is 4.86. The van der Waals surface area contributed by atoms with E-state index in [-0.39, 0.29) is 0 Å². The molecule has 106 valence electrons. The minimum atomic E-state index is 0.655. The molecule has 2 fully saturated rings. The van der Waals surface area contributed by atoms with Crippen LogP contribution in [0.25, 0.3) is 5.65 Å². The molecule has 0 aliphatic carbocycles. The Hall–Kier alpha value is -1.20. The van der Waals surface area contributed by atoms with E-state index >= 15 is 0 Å². The third-order valence-corrected chi connectivity index (χ3v) is 5.45. The molecule has 20 heavy (non-hydrogen) atoms. The summed E-state index contributed by atoms with van der Waals surface area (Å²) in [6, 6.07) is 4.45. The highest BCUT2D eigenvalue weighted by atomic mass is 32.2. The van der Waals surface area contributed by atoms with Gasteiger partial charge in [-0.15, -0.1) is 0 Å². The quantitative estimate of drug-likeness (QED) is 0.916. The second-order valence-electron chi connectivity index (χ2n) is 5.61. The number of rotatable bonds is 2. The lowest BCUT2D eigenvalue weighted by Crippen LogP contribution is -2.43. The van der Waals surface area contributed by atoms with Gasteiger partial charge < -0.3 is 14.6 Å². The number of fused-ring (bicyclic) bond motifs is 1. The minimum Gasteiger partial charge on any atom is -0.369 e. The molecule has 1 N–H and O–H groups in total. The Kier molecular flexibility index (Phi) is 3.32. The molecule has 2 aromatic rings. The average Bonchev–Trinajstić information content (AvgIpc) is 3.16. The zero-order valence-electron chi connectivity index (χ0n) is 11.6. The first-order chi connectivity index (χ1) is 9.90. The summed E-state index contributed by atoms with van der Waals surface area (Å²) in [6.45, 7) is 4.32. The normalized spacial score (nSPS) is 23.6. The first-order valence-corrected chi connectivity index (χ1v) is 8.58. The number of nitrogens with zero attached hydrogens (tertiary/aromatic N) is 3. The summed E-state index contributed by atoms with van der Waals surface area (Å²) in [5.74, 6) is 3.17. The van der Waals surface area contributed by atoms with Gasteiger partial charge in [0.05, 0.1) is 5.69 Å². The van der Waals surface area contributed by atoms with Crippen molar-refractivity contribution in [3.63, 3.8) is 0 Å². The van der Waals surface area contributed by atoms with Crippen molar-refractivity contribution in [1.82, 2.24) is 14.7 Å². The zero-order valence-corrected chi connectivity index (χ0v) is 12.4. The van der Waals surface area contributed by atoms with Crippen molar-refractivity contribution in [3.05, 3.63) is 30.2 Å². The van der Waals surface area contributed by atoms with Gasteiger partial charge in [-0.1, -0.05) is 0 Å². The second-order valence-corrected chi connectivity index (χ2v) is 6.76. The first-order valence-electron chi connectivity index (χ1n) is 7.42. The Morgan fingerprint density at radius 2 is 2.20 bits per heavy atom. The molecule has 2 aliphatic rings. The molecule has 4 nitrogen and oxygen atoms in total. The molecule has 4 rings (SSSR count). The largest absolute Gasteiger partial charge is 0.369 e. The average molecular weight is 288 g/mol. The van der Waals surface area contributed by atoms with Gasteiger partial charge >= 0.3 is 0 Å². The Morgan fingerprint density at radius 3 is 3.00 bits per heavy atom. The van der Waals surface area contributed by atoms with Crippen LogP contribution in [0.2, 0.25) is 0 Å². The van der Waals surface area contributed by atoms with E-state index in [4.69, 9.17) is 4.98 Å². The molecule has 0 spiro atoms. The first kappa shape index (κ1) is 12.5. The van der Waals surface area contributed by atoms with Crippen LogP contribution in [0.3, 0.4) is 0 Å². The van der Waals surface area contributed by atoms with Gasteiger partial charge in [0.15, 0.2) is 0 Å². The molecule has 0 radical (unpaired) electrons. The van der Waals surface area contributed by atoms with Crippen molar-refractivity contribution in [3.8, 4) is 0 Å². The van der Waals surface area contributed by atoms with Crippen LogP contribution in [-0.4, -0.2) is 47.1 Å². The fraction of sp³-hybridized carbons (Fsp3) is 0.533. The van der Waals surface area contributed by atoms with Crippen LogP contribution >= 0.6 is 11.8 Å². The molecular weight excluding hydrogens is 268 g/mol. The standard InChI is InChI=1S/C15H20N4S/c1-5-19-10-14(12-2-8-20-11-12)17-15(19)9-13(1)18-6-3-16-4-7-18/h1,5,9-10,12,16H,2-4,6-8,11H2. The number of aromatic nitrogens is 2. The van der Waals surface area contributed by atoms with Crippen molar-refractivity contribution < 1.29 is 0 Å². The Morgan fingerprint density at radius 1 is 1.30 bits per heavy atom.